The fourth-order valence-electron chi connectivity index (χ4n) is 3.46. The molecule has 0 unspecified atom stereocenters. The third-order valence-electron chi connectivity index (χ3n) is 4.66. The predicted molar refractivity (Wildman–Crippen MR) is 95.3 cm³/mol. The van der Waals surface area contributed by atoms with Gasteiger partial charge >= 0.3 is 0 Å². The summed E-state index contributed by atoms with van der Waals surface area (Å²) in [4.78, 5) is 14.8. The van der Waals surface area contributed by atoms with E-state index >= 15 is 0 Å². The Labute approximate surface area is 143 Å². The minimum absolute atomic E-state index is 0.00000850. The van der Waals surface area contributed by atoms with Crippen LogP contribution in [0.4, 0.5) is 5.69 Å². The fourth-order valence-corrected chi connectivity index (χ4v) is 3.46. The molecule has 1 aliphatic heterocycles. The summed E-state index contributed by atoms with van der Waals surface area (Å²) in [7, 11) is 3.68. The number of hydrogen-bond donors (Lipinski definition) is 1. The maximum absolute atomic E-state index is 12.5. The molecule has 2 aromatic rings. The van der Waals surface area contributed by atoms with Crippen molar-refractivity contribution in [2.75, 3.05) is 25.5 Å². The number of carbonyl (C=O) groups excluding carboxylic acids is 1. The molecule has 24 heavy (non-hydrogen) atoms. The van der Waals surface area contributed by atoms with Crippen molar-refractivity contribution in [3.05, 3.63) is 47.8 Å². The molecule has 0 radical (unpaired) electrons. The van der Waals surface area contributed by atoms with Crippen LogP contribution in [-0.2, 0) is 11.8 Å². The average Bonchev–Trinajstić information content (AvgIpc) is 3.16. The van der Waals surface area contributed by atoms with Crippen LogP contribution in [0.1, 0.15) is 30.1 Å². The van der Waals surface area contributed by atoms with Gasteiger partial charge in [0.1, 0.15) is 5.75 Å². The molecule has 0 saturated carbocycles. The predicted octanol–water partition coefficient (Wildman–Crippen LogP) is 3.12. The van der Waals surface area contributed by atoms with Crippen LogP contribution in [0.3, 0.4) is 0 Å². The zero-order chi connectivity index (χ0) is 17.1. The molecule has 5 nitrogen and oxygen atoms in total. The first kappa shape index (κ1) is 16.6. The number of nitrogens with one attached hydrogen (secondary N) is 1. The molecular formula is C19H25N3O2. The molecule has 0 bridgehead atoms. The number of aryl methyl sites for hydroxylation is 2. The number of benzene rings is 1. The van der Waals surface area contributed by atoms with Crippen molar-refractivity contribution in [1.29, 1.82) is 0 Å². The standard InChI is InChI=1S/C19H25N3O2/c1-14-8-9-18(24-3)15(12-14)20-19(23)13-22-11-5-7-17(22)16-6-4-10-21(16)2/h4,6,8-10,12,17H,5,7,11,13H2,1-3H3,(H,20,23)/t17-/m0/s1. The van der Waals surface area contributed by atoms with Crippen LogP contribution in [0.2, 0.25) is 0 Å². The molecule has 1 fully saturated rings. The number of anilines is 1. The lowest BCUT2D eigenvalue weighted by atomic mass is 10.1. The van der Waals surface area contributed by atoms with Gasteiger partial charge in [-0.1, -0.05) is 6.07 Å². The molecular weight excluding hydrogens is 302 g/mol. The number of carbonyl (C=O) groups is 1. The van der Waals surface area contributed by atoms with E-state index in [4.69, 9.17) is 4.74 Å². The van der Waals surface area contributed by atoms with E-state index in [-0.39, 0.29) is 5.91 Å². The first-order valence-corrected chi connectivity index (χ1v) is 8.38. The summed E-state index contributed by atoms with van der Waals surface area (Å²) in [6.07, 6.45) is 4.28. The van der Waals surface area contributed by atoms with Crippen LogP contribution in [0.15, 0.2) is 36.5 Å². The molecule has 0 spiro atoms. The summed E-state index contributed by atoms with van der Waals surface area (Å²) in [5.41, 5.74) is 3.10. The van der Waals surface area contributed by atoms with E-state index in [1.807, 2.05) is 25.1 Å². The number of amides is 1. The number of nitrogens with zero attached hydrogens (tertiary/aromatic N) is 2. The highest BCUT2D eigenvalue weighted by atomic mass is 16.5. The van der Waals surface area contributed by atoms with Gasteiger partial charge in [0.25, 0.3) is 0 Å². The Morgan fingerprint density at radius 2 is 2.21 bits per heavy atom. The van der Waals surface area contributed by atoms with Crippen LogP contribution in [0, 0.1) is 6.92 Å². The number of aromatic nitrogens is 1. The molecule has 2 heterocycles. The zero-order valence-corrected chi connectivity index (χ0v) is 14.6. The summed E-state index contributed by atoms with van der Waals surface area (Å²) in [5.74, 6) is 0.689. The topological polar surface area (TPSA) is 46.5 Å². The van der Waals surface area contributed by atoms with Crippen molar-refractivity contribution in [3.8, 4) is 5.75 Å². The molecule has 1 aromatic heterocycles. The van der Waals surface area contributed by atoms with Crippen LogP contribution in [0.5, 0.6) is 5.75 Å². The molecule has 1 aromatic carbocycles. The van der Waals surface area contributed by atoms with Crippen molar-refractivity contribution in [2.45, 2.75) is 25.8 Å². The quantitative estimate of drug-likeness (QED) is 0.918. The summed E-state index contributed by atoms with van der Waals surface area (Å²) < 4.78 is 7.48. The highest BCUT2D eigenvalue weighted by molar-refractivity contribution is 5.93. The fraction of sp³-hybridized carbons (Fsp3) is 0.421. The van der Waals surface area contributed by atoms with E-state index in [0.717, 1.165) is 30.6 Å². The van der Waals surface area contributed by atoms with Crippen molar-refractivity contribution < 1.29 is 9.53 Å². The van der Waals surface area contributed by atoms with E-state index < -0.39 is 0 Å². The number of rotatable bonds is 5. The Morgan fingerprint density at radius 1 is 1.38 bits per heavy atom. The third-order valence-corrected chi connectivity index (χ3v) is 4.66. The van der Waals surface area contributed by atoms with E-state index in [1.165, 1.54) is 5.69 Å². The number of likely N-dealkylation sites (tertiary alicyclic amines) is 1. The molecule has 3 rings (SSSR count). The van der Waals surface area contributed by atoms with Crippen LogP contribution in [0.25, 0.3) is 0 Å². The minimum atomic E-state index is 0.00000850. The summed E-state index contributed by atoms with van der Waals surface area (Å²) >= 11 is 0. The summed E-state index contributed by atoms with van der Waals surface area (Å²) in [5, 5.41) is 3.00. The normalized spacial score (nSPS) is 17.9. The number of ether oxygens (including phenoxy) is 1. The van der Waals surface area contributed by atoms with Crippen LogP contribution in [-0.4, -0.2) is 35.6 Å². The van der Waals surface area contributed by atoms with E-state index in [0.29, 0.717) is 18.3 Å². The van der Waals surface area contributed by atoms with Gasteiger partial charge in [-0.25, -0.2) is 0 Å². The molecule has 1 amide bonds. The Balaban J connectivity index is 1.69. The van der Waals surface area contributed by atoms with Gasteiger partial charge in [-0.3, -0.25) is 9.69 Å². The molecule has 5 heteroatoms. The first-order valence-electron chi connectivity index (χ1n) is 8.38. The molecule has 1 atom stereocenters. The second kappa shape index (κ2) is 7.09. The van der Waals surface area contributed by atoms with E-state index in [9.17, 15) is 4.79 Å². The monoisotopic (exact) mass is 327 g/mol. The van der Waals surface area contributed by atoms with Crippen molar-refractivity contribution in [1.82, 2.24) is 9.47 Å². The number of hydrogen-bond acceptors (Lipinski definition) is 3. The Kier molecular flexibility index (Phi) is 4.90. The molecule has 128 valence electrons. The molecule has 0 aliphatic carbocycles. The van der Waals surface area contributed by atoms with Crippen molar-refractivity contribution in [2.24, 2.45) is 7.05 Å². The highest BCUT2D eigenvalue weighted by Gasteiger charge is 2.29. The second-order valence-corrected chi connectivity index (χ2v) is 6.42. The van der Waals surface area contributed by atoms with Gasteiger partial charge < -0.3 is 14.6 Å². The minimum Gasteiger partial charge on any atom is -0.495 e. The van der Waals surface area contributed by atoms with Crippen molar-refractivity contribution >= 4 is 11.6 Å². The Morgan fingerprint density at radius 3 is 2.92 bits per heavy atom. The van der Waals surface area contributed by atoms with Gasteiger partial charge in [-0.15, -0.1) is 0 Å². The summed E-state index contributed by atoms with van der Waals surface area (Å²) in [6, 6.07) is 10.3. The zero-order valence-electron chi connectivity index (χ0n) is 14.6. The smallest absolute Gasteiger partial charge is 0.238 e. The molecule has 1 saturated heterocycles. The molecule has 1 aliphatic rings. The lowest BCUT2D eigenvalue weighted by Gasteiger charge is -2.24. The maximum atomic E-state index is 12.5. The highest BCUT2D eigenvalue weighted by Crippen LogP contribution is 2.32. The molecule has 1 N–H and O–H groups in total. The largest absolute Gasteiger partial charge is 0.495 e. The van der Waals surface area contributed by atoms with Gasteiger partial charge in [-0.05, 0) is 56.1 Å². The first-order chi connectivity index (χ1) is 11.6. The Bertz CT molecular complexity index is 723. The lowest BCUT2D eigenvalue weighted by Crippen LogP contribution is -2.33. The van der Waals surface area contributed by atoms with E-state index in [2.05, 4.69) is 40.2 Å². The summed E-state index contributed by atoms with van der Waals surface area (Å²) in [6.45, 7) is 3.35. The SMILES string of the molecule is COc1ccc(C)cc1NC(=O)CN1CCC[C@H]1c1cccn1C. The average molecular weight is 327 g/mol. The Hall–Kier alpha value is -2.27. The van der Waals surface area contributed by atoms with Crippen molar-refractivity contribution in [3.63, 3.8) is 0 Å². The number of methoxy groups -OCH3 is 1. The third kappa shape index (κ3) is 3.46. The van der Waals surface area contributed by atoms with Gasteiger partial charge in [0.05, 0.1) is 25.4 Å². The van der Waals surface area contributed by atoms with Gasteiger partial charge in [-0.2, -0.15) is 0 Å². The van der Waals surface area contributed by atoms with Gasteiger partial charge in [0.15, 0.2) is 0 Å². The van der Waals surface area contributed by atoms with Crippen LogP contribution >= 0.6 is 0 Å². The van der Waals surface area contributed by atoms with E-state index in [1.54, 1.807) is 7.11 Å². The second-order valence-electron chi connectivity index (χ2n) is 6.42. The van der Waals surface area contributed by atoms with Crippen LogP contribution < -0.4 is 10.1 Å². The lowest BCUT2D eigenvalue weighted by molar-refractivity contribution is -0.117. The van der Waals surface area contributed by atoms with Gasteiger partial charge in [0, 0.05) is 18.9 Å². The maximum Gasteiger partial charge on any atom is 0.238 e. The van der Waals surface area contributed by atoms with Gasteiger partial charge in [0.2, 0.25) is 5.91 Å².